The maximum absolute atomic E-state index is 3.51. The molecular formula is C18H40N2. The number of hydrogen-bond donors (Lipinski definition) is 1. The molecule has 0 saturated carbocycles. The van der Waals surface area contributed by atoms with Crippen LogP contribution in [-0.4, -0.2) is 37.1 Å². The summed E-state index contributed by atoms with van der Waals surface area (Å²) in [6, 6.07) is 0.622. The molecule has 0 spiro atoms. The van der Waals surface area contributed by atoms with Gasteiger partial charge >= 0.3 is 0 Å². The molecule has 1 unspecified atom stereocenters. The van der Waals surface area contributed by atoms with Crippen molar-refractivity contribution in [3.8, 4) is 0 Å². The van der Waals surface area contributed by atoms with E-state index in [1.807, 2.05) is 0 Å². The molecule has 0 aliphatic carbocycles. The zero-order chi connectivity index (χ0) is 15.4. The predicted molar refractivity (Wildman–Crippen MR) is 92.3 cm³/mol. The van der Waals surface area contributed by atoms with Crippen LogP contribution in [0.5, 0.6) is 0 Å². The van der Waals surface area contributed by atoms with Crippen molar-refractivity contribution in [3.63, 3.8) is 0 Å². The van der Waals surface area contributed by atoms with Gasteiger partial charge in [-0.2, -0.15) is 0 Å². The van der Waals surface area contributed by atoms with Gasteiger partial charge in [0.25, 0.3) is 0 Å². The Morgan fingerprint density at radius 2 is 1.60 bits per heavy atom. The number of rotatable bonds is 13. The van der Waals surface area contributed by atoms with Crippen LogP contribution in [0.3, 0.4) is 0 Å². The smallest absolute Gasteiger partial charge is 0.00103 e. The normalized spacial score (nSPS) is 13.7. The van der Waals surface area contributed by atoms with Crippen molar-refractivity contribution in [2.75, 3.05) is 26.2 Å². The van der Waals surface area contributed by atoms with Gasteiger partial charge in [-0.05, 0) is 44.2 Å². The molecule has 0 bridgehead atoms. The Morgan fingerprint density at radius 1 is 0.900 bits per heavy atom. The lowest BCUT2D eigenvalue weighted by Crippen LogP contribution is -2.33. The van der Waals surface area contributed by atoms with Gasteiger partial charge in [-0.15, -0.1) is 0 Å². The van der Waals surface area contributed by atoms with Crippen molar-refractivity contribution in [2.45, 2.75) is 79.7 Å². The van der Waals surface area contributed by atoms with Gasteiger partial charge in [-0.3, -0.25) is 0 Å². The molecule has 0 aromatic carbocycles. The zero-order valence-electron chi connectivity index (χ0n) is 15.0. The molecule has 0 saturated heterocycles. The van der Waals surface area contributed by atoms with Crippen LogP contribution in [-0.2, 0) is 0 Å². The molecule has 0 aromatic heterocycles. The van der Waals surface area contributed by atoms with E-state index in [1.165, 1.54) is 58.3 Å². The van der Waals surface area contributed by atoms with Crippen LogP contribution in [0.4, 0.5) is 0 Å². The van der Waals surface area contributed by atoms with E-state index in [0.717, 1.165) is 11.8 Å². The average molecular weight is 285 g/mol. The second kappa shape index (κ2) is 12.6. The highest BCUT2D eigenvalue weighted by molar-refractivity contribution is 4.66. The van der Waals surface area contributed by atoms with E-state index in [9.17, 15) is 0 Å². The van der Waals surface area contributed by atoms with Gasteiger partial charge in [0.05, 0.1) is 0 Å². The Morgan fingerprint density at radius 3 is 2.15 bits per heavy atom. The fourth-order valence-electron chi connectivity index (χ4n) is 2.73. The van der Waals surface area contributed by atoms with Crippen molar-refractivity contribution in [1.29, 1.82) is 0 Å². The molecule has 0 fully saturated rings. The quantitative estimate of drug-likeness (QED) is 0.499. The van der Waals surface area contributed by atoms with E-state index >= 15 is 0 Å². The van der Waals surface area contributed by atoms with Gasteiger partial charge in [0.1, 0.15) is 0 Å². The third-order valence-corrected chi connectivity index (χ3v) is 3.70. The highest BCUT2D eigenvalue weighted by atomic mass is 15.1. The summed E-state index contributed by atoms with van der Waals surface area (Å²) >= 11 is 0. The molecule has 2 heteroatoms. The molecule has 20 heavy (non-hydrogen) atoms. The Labute approximate surface area is 128 Å². The predicted octanol–water partition coefficient (Wildman–Crippen LogP) is 4.55. The number of nitrogens with one attached hydrogen (secondary N) is 1. The Kier molecular flexibility index (Phi) is 12.6. The van der Waals surface area contributed by atoms with Gasteiger partial charge in [0.2, 0.25) is 0 Å². The summed E-state index contributed by atoms with van der Waals surface area (Å²) in [4.78, 5) is 2.70. The highest BCUT2D eigenvalue weighted by Gasteiger charge is 2.11. The van der Waals surface area contributed by atoms with Crippen molar-refractivity contribution in [3.05, 3.63) is 0 Å². The van der Waals surface area contributed by atoms with E-state index in [0.29, 0.717) is 6.04 Å². The van der Waals surface area contributed by atoms with Crippen molar-refractivity contribution in [2.24, 2.45) is 11.8 Å². The van der Waals surface area contributed by atoms with Crippen LogP contribution < -0.4 is 5.32 Å². The van der Waals surface area contributed by atoms with Gasteiger partial charge in [-0.25, -0.2) is 0 Å². The lowest BCUT2D eigenvalue weighted by molar-refractivity contribution is 0.204. The summed E-state index contributed by atoms with van der Waals surface area (Å²) < 4.78 is 0. The van der Waals surface area contributed by atoms with Crippen molar-refractivity contribution >= 4 is 0 Å². The highest BCUT2D eigenvalue weighted by Crippen LogP contribution is 2.11. The van der Waals surface area contributed by atoms with Crippen LogP contribution in [0.2, 0.25) is 0 Å². The maximum atomic E-state index is 3.51. The summed E-state index contributed by atoms with van der Waals surface area (Å²) in [6.07, 6.45) is 6.73. The van der Waals surface area contributed by atoms with E-state index in [2.05, 4.69) is 51.8 Å². The molecule has 122 valence electrons. The Bertz CT molecular complexity index is 202. The van der Waals surface area contributed by atoms with Crippen LogP contribution in [0, 0.1) is 11.8 Å². The number of unbranched alkanes of at least 4 members (excludes halogenated alkanes) is 2. The molecule has 1 atom stereocenters. The minimum absolute atomic E-state index is 0.622. The monoisotopic (exact) mass is 284 g/mol. The van der Waals surface area contributed by atoms with E-state index < -0.39 is 0 Å². The third-order valence-electron chi connectivity index (χ3n) is 3.70. The average Bonchev–Trinajstić information content (AvgIpc) is 2.34. The molecule has 2 nitrogen and oxygen atoms in total. The van der Waals surface area contributed by atoms with Crippen molar-refractivity contribution < 1.29 is 0 Å². The minimum atomic E-state index is 0.622. The molecule has 0 radical (unpaired) electrons. The Balaban J connectivity index is 3.88. The van der Waals surface area contributed by atoms with Crippen LogP contribution in [0.1, 0.15) is 73.6 Å². The summed E-state index contributed by atoms with van der Waals surface area (Å²) in [6.45, 7) is 18.8. The molecule has 0 rings (SSSR count). The van der Waals surface area contributed by atoms with Gasteiger partial charge in [-0.1, -0.05) is 54.4 Å². The molecule has 0 aliphatic rings. The van der Waals surface area contributed by atoms with Crippen LogP contribution in [0.25, 0.3) is 0 Å². The third kappa shape index (κ3) is 12.9. The van der Waals surface area contributed by atoms with Gasteiger partial charge < -0.3 is 10.2 Å². The van der Waals surface area contributed by atoms with E-state index in [4.69, 9.17) is 0 Å². The second-order valence-corrected chi connectivity index (χ2v) is 7.22. The molecule has 0 aliphatic heterocycles. The summed E-state index contributed by atoms with van der Waals surface area (Å²) in [5.41, 5.74) is 0. The standard InChI is InChI=1S/C18H40N2/c1-7-8-9-13-20(14-16(2)3)15-18(6)11-10-12-19-17(4)5/h16-19H,7-15H2,1-6H3. The number of nitrogens with zero attached hydrogens (tertiary/aromatic N) is 1. The maximum Gasteiger partial charge on any atom is 0.00103 e. The first-order chi connectivity index (χ1) is 9.45. The Hall–Kier alpha value is -0.0800. The summed E-state index contributed by atoms with van der Waals surface area (Å²) in [7, 11) is 0. The first kappa shape index (κ1) is 19.9. The van der Waals surface area contributed by atoms with E-state index in [1.54, 1.807) is 0 Å². The zero-order valence-corrected chi connectivity index (χ0v) is 15.0. The number of hydrogen-bond acceptors (Lipinski definition) is 2. The van der Waals surface area contributed by atoms with Gasteiger partial charge in [0, 0.05) is 19.1 Å². The topological polar surface area (TPSA) is 15.3 Å². The lowest BCUT2D eigenvalue weighted by Gasteiger charge is -2.27. The molecule has 0 amide bonds. The first-order valence-electron chi connectivity index (χ1n) is 8.91. The summed E-state index contributed by atoms with van der Waals surface area (Å²) in [5.74, 6) is 1.61. The SMILES string of the molecule is CCCCCN(CC(C)C)CC(C)CCCNC(C)C. The van der Waals surface area contributed by atoms with E-state index in [-0.39, 0.29) is 0 Å². The van der Waals surface area contributed by atoms with Gasteiger partial charge in [0.15, 0.2) is 0 Å². The van der Waals surface area contributed by atoms with Crippen LogP contribution in [0.15, 0.2) is 0 Å². The lowest BCUT2D eigenvalue weighted by atomic mass is 10.0. The van der Waals surface area contributed by atoms with Crippen molar-refractivity contribution in [1.82, 2.24) is 10.2 Å². The second-order valence-electron chi connectivity index (χ2n) is 7.22. The molecule has 1 N–H and O–H groups in total. The first-order valence-corrected chi connectivity index (χ1v) is 8.91. The fraction of sp³-hybridized carbons (Fsp3) is 1.00. The van der Waals surface area contributed by atoms with Crippen LogP contribution >= 0.6 is 0 Å². The molecular weight excluding hydrogens is 244 g/mol. The largest absolute Gasteiger partial charge is 0.315 e. The summed E-state index contributed by atoms with van der Waals surface area (Å²) in [5, 5.41) is 3.51. The molecule has 0 aromatic rings. The molecule has 0 heterocycles. The minimum Gasteiger partial charge on any atom is -0.315 e. The fourth-order valence-corrected chi connectivity index (χ4v) is 2.73.